The topological polar surface area (TPSA) is 171 Å². The molecule has 0 fully saturated rings. The highest BCUT2D eigenvalue weighted by molar-refractivity contribution is 7.95. The summed E-state index contributed by atoms with van der Waals surface area (Å²) in [5.74, 6) is -1.44. The molecule has 1 aromatic carbocycles. The lowest BCUT2D eigenvalue weighted by Gasteiger charge is -2.06. The molecule has 0 bridgehead atoms. The summed E-state index contributed by atoms with van der Waals surface area (Å²) < 4.78 is 76.3. The number of carbonyl (C=O) groups excluding carboxylic acids is 2. The zero-order chi connectivity index (χ0) is 32.5. The molecule has 0 unspecified atom stereocenters. The standard InChI is InChI=1S/C13H12ClFN2O4S2.C11H11ClN2O4S3/c1-2-21-12(18)6-9-7-16-13(22-9)17-23(19,20)11-4-3-8(15)5-10(11)14;1-2-18-9(15)5-7-6-13-11(19-7)14-21(16,17)10-4-3-8(12)20-10/h3-5,7H,2,6H2,1H3,(H,16,17);3-4,6H,2,5H2,1H3,(H,13,14). The first-order valence-electron chi connectivity index (χ1n) is 12.2. The van der Waals surface area contributed by atoms with E-state index in [9.17, 15) is 30.8 Å². The number of aromatic nitrogens is 2. The second-order valence-corrected chi connectivity index (χ2v) is 16.0. The Hall–Kier alpha value is -2.87. The van der Waals surface area contributed by atoms with Gasteiger partial charge in [-0.2, -0.15) is 0 Å². The second-order valence-electron chi connectivity index (χ2n) is 8.07. The van der Waals surface area contributed by atoms with Crippen molar-refractivity contribution in [3.05, 3.63) is 67.7 Å². The van der Waals surface area contributed by atoms with Crippen molar-refractivity contribution >= 4 is 99.5 Å². The molecule has 2 N–H and O–H groups in total. The maximum absolute atomic E-state index is 13.0. The van der Waals surface area contributed by atoms with Crippen LogP contribution in [0, 0.1) is 5.82 Å². The van der Waals surface area contributed by atoms with E-state index in [0.717, 1.165) is 52.2 Å². The van der Waals surface area contributed by atoms with Gasteiger partial charge in [0.1, 0.15) is 14.9 Å². The summed E-state index contributed by atoms with van der Waals surface area (Å²) in [6.45, 7) is 3.98. The minimum atomic E-state index is -4.00. The summed E-state index contributed by atoms with van der Waals surface area (Å²) in [6, 6.07) is 5.89. The summed E-state index contributed by atoms with van der Waals surface area (Å²) in [5, 5.41) is 0.0318. The number of ether oxygens (including phenoxy) is 2. The average Bonchev–Trinajstić information content (AvgIpc) is 3.66. The lowest BCUT2D eigenvalue weighted by atomic mass is 10.3. The van der Waals surface area contributed by atoms with Crippen molar-refractivity contribution in [2.75, 3.05) is 22.7 Å². The van der Waals surface area contributed by atoms with Gasteiger partial charge in [-0.1, -0.05) is 23.2 Å². The molecule has 12 nitrogen and oxygen atoms in total. The molecule has 0 radical (unpaired) electrons. The molecular weight excluding hydrogens is 723 g/mol. The molecule has 4 rings (SSSR count). The molecule has 0 aliphatic rings. The Balaban J connectivity index is 0.000000241. The first-order chi connectivity index (χ1) is 20.7. The Bertz CT molecular complexity index is 1830. The normalized spacial score (nSPS) is 11.3. The molecule has 3 heterocycles. The van der Waals surface area contributed by atoms with E-state index < -0.39 is 31.8 Å². The number of thiophene rings is 1. The highest BCUT2D eigenvalue weighted by Gasteiger charge is 2.21. The van der Waals surface area contributed by atoms with Gasteiger partial charge in [-0.3, -0.25) is 19.0 Å². The Labute approximate surface area is 274 Å². The van der Waals surface area contributed by atoms with E-state index in [-0.39, 0.29) is 49.8 Å². The number of anilines is 2. The van der Waals surface area contributed by atoms with Crippen LogP contribution in [0.25, 0.3) is 0 Å². The highest BCUT2D eigenvalue weighted by atomic mass is 35.5. The van der Waals surface area contributed by atoms with Gasteiger partial charge in [0, 0.05) is 22.1 Å². The summed E-state index contributed by atoms with van der Waals surface area (Å²) in [6.07, 6.45) is 2.90. The van der Waals surface area contributed by atoms with Gasteiger partial charge in [0.2, 0.25) is 0 Å². The number of rotatable bonds is 12. The molecule has 0 amide bonds. The zero-order valence-corrected chi connectivity index (χ0v) is 28.3. The average molecular weight is 746 g/mol. The number of nitrogens with one attached hydrogen (secondary N) is 2. The van der Waals surface area contributed by atoms with Crippen LogP contribution in [-0.2, 0) is 52.0 Å². The van der Waals surface area contributed by atoms with Crippen LogP contribution >= 0.6 is 57.2 Å². The van der Waals surface area contributed by atoms with Crippen LogP contribution in [0.5, 0.6) is 0 Å². The fraction of sp³-hybridized carbons (Fsp3) is 0.250. The number of nitrogens with zero attached hydrogens (tertiary/aromatic N) is 2. The number of sulfonamides is 2. The highest BCUT2D eigenvalue weighted by Crippen LogP contribution is 2.29. The molecule has 44 heavy (non-hydrogen) atoms. The Morgan fingerprint density at radius 2 is 1.34 bits per heavy atom. The third-order valence-corrected chi connectivity index (χ3v) is 11.8. The SMILES string of the molecule is CCOC(=O)Cc1cnc(NS(=O)(=O)c2ccc(Cl)s2)s1.CCOC(=O)Cc1cnc(NS(=O)(=O)c2ccc(F)cc2Cl)s1. The van der Waals surface area contributed by atoms with Gasteiger partial charge < -0.3 is 9.47 Å². The molecule has 0 atom stereocenters. The van der Waals surface area contributed by atoms with E-state index in [1.165, 1.54) is 24.5 Å². The largest absolute Gasteiger partial charge is 0.466 e. The molecule has 0 saturated carbocycles. The van der Waals surface area contributed by atoms with Gasteiger partial charge in [-0.25, -0.2) is 31.2 Å². The maximum Gasteiger partial charge on any atom is 0.311 e. The zero-order valence-electron chi connectivity index (χ0n) is 22.7. The van der Waals surface area contributed by atoms with Crippen LogP contribution in [-0.4, -0.2) is 52.0 Å². The van der Waals surface area contributed by atoms with E-state index in [4.69, 9.17) is 32.7 Å². The van der Waals surface area contributed by atoms with Crippen molar-refractivity contribution in [3.63, 3.8) is 0 Å². The number of hydrogen-bond acceptors (Lipinski definition) is 13. The Morgan fingerprint density at radius 3 is 1.80 bits per heavy atom. The van der Waals surface area contributed by atoms with Gasteiger partial charge in [-0.15, -0.1) is 34.0 Å². The van der Waals surface area contributed by atoms with E-state index >= 15 is 0 Å². The first-order valence-corrected chi connectivity index (χ1v) is 18.4. The lowest BCUT2D eigenvalue weighted by Crippen LogP contribution is -2.13. The van der Waals surface area contributed by atoms with E-state index in [0.29, 0.717) is 20.7 Å². The first kappa shape index (κ1) is 35.6. The van der Waals surface area contributed by atoms with Crippen molar-refractivity contribution in [3.8, 4) is 0 Å². The van der Waals surface area contributed by atoms with Gasteiger partial charge >= 0.3 is 11.9 Å². The molecule has 0 spiro atoms. The number of hydrogen-bond donors (Lipinski definition) is 2. The van der Waals surface area contributed by atoms with Crippen LogP contribution in [0.3, 0.4) is 0 Å². The van der Waals surface area contributed by atoms with Crippen LogP contribution in [0.15, 0.2) is 51.8 Å². The van der Waals surface area contributed by atoms with Gasteiger partial charge in [0.25, 0.3) is 20.0 Å². The number of halogens is 3. The summed E-state index contributed by atoms with van der Waals surface area (Å²) in [4.78, 5) is 31.4. The molecule has 20 heteroatoms. The van der Waals surface area contributed by atoms with Crippen molar-refractivity contribution in [1.82, 2.24) is 9.97 Å². The minimum Gasteiger partial charge on any atom is -0.466 e. The number of carbonyl (C=O) groups is 2. The molecule has 4 aromatic rings. The summed E-state index contributed by atoms with van der Waals surface area (Å²) in [5.41, 5.74) is 0. The van der Waals surface area contributed by atoms with Crippen LogP contribution in [0.1, 0.15) is 23.6 Å². The smallest absolute Gasteiger partial charge is 0.311 e. The molecule has 0 aliphatic heterocycles. The Kier molecular flexibility index (Phi) is 12.9. The number of benzene rings is 1. The third-order valence-electron chi connectivity index (χ3n) is 4.80. The fourth-order valence-corrected chi connectivity index (χ4v) is 9.15. The van der Waals surface area contributed by atoms with Crippen molar-refractivity contribution < 1.29 is 40.3 Å². The van der Waals surface area contributed by atoms with E-state index in [1.807, 2.05) is 0 Å². The van der Waals surface area contributed by atoms with Crippen molar-refractivity contribution in [2.24, 2.45) is 0 Å². The summed E-state index contributed by atoms with van der Waals surface area (Å²) >= 11 is 14.5. The third kappa shape index (κ3) is 10.6. The second kappa shape index (κ2) is 15.9. The van der Waals surface area contributed by atoms with E-state index in [2.05, 4.69) is 19.4 Å². The number of esters is 2. The van der Waals surface area contributed by atoms with Crippen LogP contribution in [0.2, 0.25) is 9.36 Å². The monoisotopic (exact) mass is 744 g/mol. The lowest BCUT2D eigenvalue weighted by molar-refractivity contribution is -0.143. The van der Waals surface area contributed by atoms with E-state index in [1.54, 1.807) is 13.8 Å². The molecule has 0 saturated heterocycles. The molecule has 238 valence electrons. The fourth-order valence-electron chi connectivity index (χ4n) is 3.05. The van der Waals surface area contributed by atoms with Crippen molar-refractivity contribution in [1.29, 1.82) is 0 Å². The molecular formula is C24H23Cl2FN4O8S5. The quantitative estimate of drug-likeness (QED) is 0.174. The van der Waals surface area contributed by atoms with Crippen molar-refractivity contribution in [2.45, 2.75) is 35.8 Å². The minimum absolute atomic E-state index is 0.00450. The molecule has 3 aromatic heterocycles. The Morgan fingerprint density at radius 1 is 0.818 bits per heavy atom. The summed E-state index contributed by atoms with van der Waals surface area (Å²) in [7, 11) is -7.71. The van der Waals surface area contributed by atoms with Crippen LogP contribution < -0.4 is 9.44 Å². The van der Waals surface area contributed by atoms with Gasteiger partial charge in [-0.05, 0) is 44.2 Å². The maximum atomic E-state index is 13.0. The van der Waals surface area contributed by atoms with Gasteiger partial charge in [0.15, 0.2) is 10.3 Å². The van der Waals surface area contributed by atoms with Gasteiger partial charge in [0.05, 0.1) is 35.4 Å². The predicted octanol–water partition coefficient (Wildman–Crippen LogP) is 5.61. The van der Waals surface area contributed by atoms with Crippen LogP contribution in [0.4, 0.5) is 14.7 Å². The molecule has 0 aliphatic carbocycles. The predicted molar refractivity (Wildman–Crippen MR) is 167 cm³/mol. The number of thiazole rings is 2.